The molecule has 0 radical (unpaired) electrons. The topological polar surface area (TPSA) is 93.5 Å². The maximum atomic E-state index is 13.3. The number of benzene rings is 2. The Morgan fingerprint density at radius 3 is 2.83 bits per heavy atom. The number of carbonyl (C=O) groups excluding carboxylic acids is 2. The summed E-state index contributed by atoms with van der Waals surface area (Å²) in [5, 5.41) is 5.40. The zero-order valence-corrected chi connectivity index (χ0v) is 12.7. The third-order valence-corrected chi connectivity index (χ3v) is 3.67. The van der Waals surface area contributed by atoms with Gasteiger partial charge in [-0.25, -0.2) is 9.18 Å². The van der Waals surface area contributed by atoms with Gasteiger partial charge in [0.1, 0.15) is 18.2 Å². The molecule has 1 heterocycles. The molecule has 1 unspecified atom stereocenters. The summed E-state index contributed by atoms with van der Waals surface area (Å²) >= 11 is 0. The molecule has 0 saturated heterocycles. The standard InChI is InChI=1S/C17H16FN3O3/c18-12-4-5-15-11(6-12)8-14(9-24-15)21-17(23)20-13-3-1-2-10(7-13)16(19)22/h1-7,14H,8-9H2,(H2,19,22)(H2,20,21,23). The maximum absolute atomic E-state index is 13.3. The van der Waals surface area contributed by atoms with Crippen LogP contribution in [0, 0.1) is 5.82 Å². The largest absolute Gasteiger partial charge is 0.491 e. The first kappa shape index (κ1) is 15.8. The van der Waals surface area contributed by atoms with E-state index >= 15 is 0 Å². The van der Waals surface area contributed by atoms with Gasteiger partial charge in [0, 0.05) is 11.3 Å². The predicted molar refractivity (Wildman–Crippen MR) is 86.5 cm³/mol. The minimum Gasteiger partial charge on any atom is -0.491 e. The van der Waals surface area contributed by atoms with Crippen molar-refractivity contribution in [3.8, 4) is 5.75 Å². The number of nitrogens with one attached hydrogen (secondary N) is 2. The Bertz CT molecular complexity index is 794. The van der Waals surface area contributed by atoms with E-state index in [0.717, 1.165) is 0 Å². The van der Waals surface area contributed by atoms with Crippen LogP contribution in [-0.4, -0.2) is 24.6 Å². The number of ether oxygens (including phenoxy) is 1. The first-order chi connectivity index (χ1) is 11.5. The number of carbonyl (C=O) groups is 2. The Morgan fingerprint density at radius 2 is 2.04 bits per heavy atom. The zero-order valence-electron chi connectivity index (χ0n) is 12.7. The molecule has 3 rings (SSSR count). The number of hydrogen-bond donors (Lipinski definition) is 3. The Kier molecular flexibility index (Phi) is 4.33. The van der Waals surface area contributed by atoms with E-state index in [9.17, 15) is 14.0 Å². The van der Waals surface area contributed by atoms with Crippen molar-refractivity contribution in [3.05, 3.63) is 59.4 Å². The molecule has 24 heavy (non-hydrogen) atoms. The molecule has 2 aromatic carbocycles. The summed E-state index contributed by atoms with van der Waals surface area (Å²) in [7, 11) is 0. The quantitative estimate of drug-likeness (QED) is 0.804. The fraction of sp³-hybridized carbons (Fsp3) is 0.176. The van der Waals surface area contributed by atoms with E-state index in [2.05, 4.69) is 10.6 Å². The summed E-state index contributed by atoms with van der Waals surface area (Å²) in [5.41, 5.74) is 6.67. The van der Waals surface area contributed by atoms with Crippen LogP contribution in [0.1, 0.15) is 15.9 Å². The highest BCUT2D eigenvalue weighted by atomic mass is 19.1. The number of nitrogens with two attached hydrogens (primary N) is 1. The second-order valence-corrected chi connectivity index (χ2v) is 5.51. The van der Waals surface area contributed by atoms with E-state index in [-0.39, 0.29) is 11.9 Å². The van der Waals surface area contributed by atoms with Crippen molar-refractivity contribution in [1.82, 2.24) is 5.32 Å². The van der Waals surface area contributed by atoms with Gasteiger partial charge in [0.25, 0.3) is 0 Å². The average Bonchev–Trinajstić information content (AvgIpc) is 2.54. The summed E-state index contributed by atoms with van der Waals surface area (Å²) in [6, 6.07) is 9.92. The van der Waals surface area contributed by atoms with E-state index in [0.29, 0.717) is 35.6 Å². The molecule has 1 aliphatic heterocycles. The van der Waals surface area contributed by atoms with Gasteiger partial charge in [-0.05, 0) is 48.4 Å². The van der Waals surface area contributed by atoms with Crippen LogP contribution in [0.15, 0.2) is 42.5 Å². The molecule has 1 aliphatic rings. The van der Waals surface area contributed by atoms with Gasteiger partial charge in [-0.15, -0.1) is 0 Å². The Morgan fingerprint density at radius 1 is 1.21 bits per heavy atom. The van der Waals surface area contributed by atoms with Crippen LogP contribution < -0.4 is 21.1 Å². The molecular formula is C17H16FN3O3. The van der Waals surface area contributed by atoms with Crippen LogP contribution in [0.25, 0.3) is 0 Å². The van der Waals surface area contributed by atoms with Crippen molar-refractivity contribution >= 4 is 17.6 Å². The van der Waals surface area contributed by atoms with Gasteiger partial charge in [-0.2, -0.15) is 0 Å². The summed E-state index contributed by atoms with van der Waals surface area (Å²) < 4.78 is 18.8. The fourth-order valence-corrected chi connectivity index (χ4v) is 2.56. The van der Waals surface area contributed by atoms with Crippen LogP contribution in [0.4, 0.5) is 14.9 Å². The highest BCUT2D eigenvalue weighted by molar-refractivity contribution is 5.95. The number of fused-ring (bicyclic) bond motifs is 1. The van der Waals surface area contributed by atoms with Gasteiger partial charge in [0.05, 0.1) is 6.04 Å². The van der Waals surface area contributed by atoms with Gasteiger partial charge in [-0.1, -0.05) is 6.07 Å². The molecule has 0 aromatic heterocycles. The lowest BCUT2D eigenvalue weighted by Crippen LogP contribution is -2.44. The molecule has 0 spiro atoms. The average molecular weight is 329 g/mol. The van der Waals surface area contributed by atoms with Crippen molar-refractivity contribution < 1.29 is 18.7 Å². The van der Waals surface area contributed by atoms with Crippen molar-refractivity contribution in [3.63, 3.8) is 0 Å². The van der Waals surface area contributed by atoms with Crippen LogP contribution in [0.3, 0.4) is 0 Å². The van der Waals surface area contributed by atoms with Crippen LogP contribution in [-0.2, 0) is 6.42 Å². The van der Waals surface area contributed by atoms with E-state index in [4.69, 9.17) is 10.5 Å². The molecule has 6 nitrogen and oxygen atoms in total. The molecule has 0 aliphatic carbocycles. The number of amides is 3. The zero-order chi connectivity index (χ0) is 17.1. The second-order valence-electron chi connectivity index (χ2n) is 5.51. The molecule has 2 aromatic rings. The fourth-order valence-electron chi connectivity index (χ4n) is 2.56. The Labute approximate surface area is 137 Å². The normalized spacial score (nSPS) is 15.8. The molecule has 0 bridgehead atoms. The van der Waals surface area contributed by atoms with Gasteiger partial charge < -0.3 is 21.1 Å². The number of primary amides is 1. The third kappa shape index (κ3) is 3.62. The number of anilines is 1. The molecule has 7 heteroatoms. The predicted octanol–water partition coefficient (Wildman–Crippen LogP) is 2.05. The SMILES string of the molecule is NC(=O)c1cccc(NC(=O)NC2COc3ccc(F)cc3C2)c1. The number of hydrogen-bond acceptors (Lipinski definition) is 3. The minimum atomic E-state index is -0.571. The van der Waals surface area contributed by atoms with E-state index in [1.165, 1.54) is 18.2 Å². The van der Waals surface area contributed by atoms with Gasteiger partial charge in [0.15, 0.2) is 0 Å². The van der Waals surface area contributed by atoms with Crippen molar-refractivity contribution in [2.45, 2.75) is 12.5 Å². The van der Waals surface area contributed by atoms with E-state index in [1.54, 1.807) is 24.3 Å². The van der Waals surface area contributed by atoms with Crippen LogP contribution in [0.5, 0.6) is 5.75 Å². The van der Waals surface area contributed by atoms with E-state index < -0.39 is 11.9 Å². The molecule has 1 atom stereocenters. The second kappa shape index (κ2) is 6.57. The van der Waals surface area contributed by atoms with Crippen LogP contribution >= 0.6 is 0 Å². The van der Waals surface area contributed by atoms with Gasteiger partial charge in [0.2, 0.25) is 5.91 Å². The lowest BCUT2D eigenvalue weighted by molar-refractivity contribution is 0.1000. The van der Waals surface area contributed by atoms with Crippen molar-refractivity contribution in [2.75, 3.05) is 11.9 Å². The molecule has 4 N–H and O–H groups in total. The Balaban J connectivity index is 1.61. The Hall–Kier alpha value is -3.09. The highest BCUT2D eigenvalue weighted by Gasteiger charge is 2.22. The smallest absolute Gasteiger partial charge is 0.319 e. The lowest BCUT2D eigenvalue weighted by Gasteiger charge is -2.26. The molecular weight excluding hydrogens is 313 g/mol. The molecule has 124 valence electrons. The number of urea groups is 1. The number of halogens is 1. The van der Waals surface area contributed by atoms with Crippen molar-refractivity contribution in [1.29, 1.82) is 0 Å². The first-order valence-corrected chi connectivity index (χ1v) is 7.40. The summed E-state index contributed by atoms with van der Waals surface area (Å²) in [5.74, 6) is -0.284. The van der Waals surface area contributed by atoms with Crippen molar-refractivity contribution in [2.24, 2.45) is 5.73 Å². The van der Waals surface area contributed by atoms with E-state index in [1.807, 2.05) is 0 Å². The summed E-state index contributed by atoms with van der Waals surface area (Å²) in [6.07, 6.45) is 0.474. The number of rotatable bonds is 3. The molecule has 0 fully saturated rings. The monoisotopic (exact) mass is 329 g/mol. The summed E-state index contributed by atoms with van der Waals surface area (Å²) in [6.45, 7) is 0.299. The minimum absolute atomic E-state index is 0.279. The summed E-state index contributed by atoms with van der Waals surface area (Å²) in [4.78, 5) is 23.2. The van der Waals surface area contributed by atoms with Gasteiger partial charge >= 0.3 is 6.03 Å². The first-order valence-electron chi connectivity index (χ1n) is 7.40. The highest BCUT2D eigenvalue weighted by Crippen LogP contribution is 2.25. The molecule has 3 amide bonds. The van der Waals surface area contributed by atoms with Gasteiger partial charge in [-0.3, -0.25) is 4.79 Å². The van der Waals surface area contributed by atoms with Crippen LogP contribution in [0.2, 0.25) is 0 Å². The molecule has 0 saturated carbocycles. The third-order valence-electron chi connectivity index (χ3n) is 3.67. The maximum Gasteiger partial charge on any atom is 0.319 e. The lowest BCUT2D eigenvalue weighted by atomic mass is 10.0.